The van der Waals surface area contributed by atoms with Gasteiger partial charge < -0.3 is 0 Å². The SMILES string of the molecule is O=S(=O)(Nc1ccccc1)c1ccncn1. The van der Waals surface area contributed by atoms with Crippen LogP contribution in [-0.4, -0.2) is 18.4 Å². The Kier molecular flexibility index (Phi) is 2.82. The average molecular weight is 235 g/mol. The molecule has 0 unspecified atom stereocenters. The third kappa shape index (κ3) is 2.34. The van der Waals surface area contributed by atoms with Gasteiger partial charge in [-0.2, -0.15) is 8.42 Å². The summed E-state index contributed by atoms with van der Waals surface area (Å²) in [5.74, 6) is 0. The standard InChI is InChI=1S/C10H9N3O2S/c14-16(15,10-6-7-11-8-12-10)13-9-4-2-1-3-5-9/h1-8,13H. The summed E-state index contributed by atoms with van der Waals surface area (Å²) in [7, 11) is -3.61. The fourth-order valence-corrected chi connectivity index (χ4v) is 2.13. The van der Waals surface area contributed by atoms with E-state index in [0.717, 1.165) is 0 Å². The summed E-state index contributed by atoms with van der Waals surface area (Å²) in [4.78, 5) is 7.35. The van der Waals surface area contributed by atoms with Gasteiger partial charge in [-0.3, -0.25) is 4.72 Å². The normalized spacial score (nSPS) is 11.0. The maximum Gasteiger partial charge on any atom is 0.279 e. The fourth-order valence-electron chi connectivity index (χ4n) is 1.15. The molecule has 0 saturated carbocycles. The molecule has 1 aromatic carbocycles. The molecule has 0 amide bonds. The summed E-state index contributed by atoms with van der Waals surface area (Å²) in [5.41, 5.74) is 0.501. The Morgan fingerprint density at radius 3 is 2.44 bits per heavy atom. The zero-order valence-corrected chi connectivity index (χ0v) is 9.05. The summed E-state index contributed by atoms with van der Waals surface area (Å²) in [6.45, 7) is 0. The third-order valence-corrected chi connectivity index (χ3v) is 3.15. The summed E-state index contributed by atoms with van der Waals surface area (Å²) in [6.07, 6.45) is 2.58. The Morgan fingerprint density at radius 1 is 1.06 bits per heavy atom. The Morgan fingerprint density at radius 2 is 1.81 bits per heavy atom. The molecular weight excluding hydrogens is 226 g/mol. The highest BCUT2D eigenvalue weighted by molar-refractivity contribution is 7.92. The molecule has 0 bridgehead atoms. The summed E-state index contributed by atoms with van der Waals surface area (Å²) in [5, 5.41) is -0.0497. The molecule has 2 aromatic rings. The summed E-state index contributed by atoms with van der Waals surface area (Å²) < 4.78 is 26.0. The second-order valence-electron chi connectivity index (χ2n) is 3.02. The predicted octanol–water partition coefficient (Wildman–Crippen LogP) is 1.28. The first-order valence-electron chi connectivity index (χ1n) is 4.52. The molecule has 0 aliphatic rings. The largest absolute Gasteiger partial charge is 0.279 e. The number of hydrogen-bond acceptors (Lipinski definition) is 4. The van der Waals surface area contributed by atoms with Gasteiger partial charge in [0.05, 0.1) is 0 Å². The van der Waals surface area contributed by atoms with Crippen molar-refractivity contribution >= 4 is 15.7 Å². The zero-order valence-electron chi connectivity index (χ0n) is 8.24. The van der Waals surface area contributed by atoms with Crippen molar-refractivity contribution in [2.24, 2.45) is 0 Å². The van der Waals surface area contributed by atoms with Gasteiger partial charge in [0.1, 0.15) is 6.33 Å². The van der Waals surface area contributed by atoms with E-state index in [2.05, 4.69) is 14.7 Å². The Hall–Kier alpha value is -1.95. The van der Waals surface area contributed by atoms with Gasteiger partial charge in [0.2, 0.25) is 0 Å². The van der Waals surface area contributed by atoms with Gasteiger partial charge in [-0.25, -0.2) is 9.97 Å². The molecule has 0 saturated heterocycles. The van der Waals surface area contributed by atoms with E-state index in [0.29, 0.717) is 5.69 Å². The molecule has 2 rings (SSSR count). The first-order valence-corrected chi connectivity index (χ1v) is 6.01. The van der Waals surface area contributed by atoms with Gasteiger partial charge in [-0.15, -0.1) is 0 Å². The fraction of sp³-hybridized carbons (Fsp3) is 0. The summed E-state index contributed by atoms with van der Waals surface area (Å²) in [6, 6.07) is 9.97. The number of rotatable bonds is 3. The van der Waals surface area contributed by atoms with Crippen LogP contribution in [0.5, 0.6) is 0 Å². The van der Waals surface area contributed by atoms with Crippen molar-refractivity contribution in [1.29, 1.82) is 0 Å². The van der Waals surface area contributed by atoms with Gasteiger partial charge in [-0.05, 0) is 18.2 Å². The Bertz CT molecular complexity index is 555. The summed E-state index contributed by atoms with van der Waals surface area (Å²) >= 11 is 0. The van der Waals surface area contributed by atoms with E-state index in [-0.39, 0.29) is 5.03 Å². The number of nitrogens with one attached hydrogen (secondary N) is 1. The minimum atomic E-state index is -3.61. The van der Waals surface area contributed by atoms with Crippen LogP contribution in [0.2, 0.25) is 0 Å². The molecule has 1 N–H and O–H groups in total. The van der Waals surface area contributed by atoms with Crippen molar-refractivity contribution in [1.82, 2.24) is 9.97 Å². The van der Waals surface area contributed by atoms with Crippen LogP contribution in [0.1, 0.15) is 0 Å². The lowest BCUT2D eigenvalue weighted by molar-refractivity contribution is 0.597. The first kappa shape index (κ1) is 10.6. The van der Waals surface area contributed by atoms with Crippen molar-refractivity contribution in [3.63, 3.8) is 0 Å². The number of benzene rings is 1. The highest BCUT2D eigenvalue weighted by atomic mass is 32.2. The van der Waals surface area contributed by atoms with Crippen LogP contribution < -0.4 is 4.72 Å². The van der Waals surface area contributed by atoms with Crippen molar-refractivity contribution in [2.45, 2.75) is 5.03 Å². The molecule has 0 fully saturated rings. The van der Waals surface area contributed by atoms with E-state index >= 15 is 0 Å². The van der Waals surface area contributed by atoms with Crippen molar-refractivity contribution in [3.8, 4) is 0 Å². The molecule has 0 atom stereocenters. The van der Waals surface area contributed by atoms with Crippen LogP contribution in [0.4, 0.5) is 5.69 Å². The second-order valence-corrected chi connectivity index (χ2v) is 4.65. The second kappa shape index (κ2) is 4.28. The number of sulfonamides is 1. The lowest BCUT2D eigenvalue weighted by atomic mass is 10.3. The van der Waals surface area contributed by atoms with Crippen LogP contribution in [0.25, 0.3) is 0 Å². The van der Waals surface area contributed by atoms with Crippen molar-refractivity contribution in [3.05, 3.63) is 48.9 Å². The van der Waals surface area contributed by atoms with Gasteiger partial charge in [0.15, 0.2) is 5.03 Å². The molecular formula is C10H9N3O2S. The van der Waals surface area contributed by atoms with Crippen LogP contribution in [0, 0.1) is 0 Å². The molecule has 0 radical (unpaired) electrons. The maximum atomic E-state index is 11.8. The van der Waals surface area contributed by atoms with Crippen LogP contribution in [0.15, 0.2) is 53.9 Å². The highest BCUT2D eigenvalue weighted by Crippen LogP contribution is 2.12. The molecule has 16 heavy (non-hydrogen) atoms. The predicted molar refractivity (Wildman–Crippen MR) is 59.3 cm³/mol. The molecule has 0 aliphatic carbocycles. The van der Waals surface area contributed by atoms with Gasteiger partial charge in [0, 0.05) is 11.9 Å². The molecule has 1 aromatic heterocycles. The van der Waals surface area contributed by atoms with E-state index < -0.39 is 10.0 Å². The van der Waals surface area contributed by atoms with E-state index in [1.54, 1.807) is 24.3 Å². The van der Waals surface area contributed by atoms with E-state index in [9.17, 15) is 8.42 Å². The lowest BCUT2D eigenvalue weighted by Gasteiger charge is -2.05. The van der Waals surface area contributed by atoms with Crippen LogP contribution >= 0.6 is 0 Å². The number of aromatic nitrogens is 2. The van der Waals surface area contributed by atoms with Crippen LogP contribution in [-0.2, 0) is 10.0 Å². The van der Waals surface area contributed by atoms with E-state index in [4.69, 9.17) is 0 Å². The Labute approximate surface area is 93.2 Å². The maximum absolute atomic E-state index is 11.8. The quantitative estimate of drug-likeness (QED) is 0.813. The van der Waals surface area contributed by atoms with Gasteiger partial charge in [-0.1, -0.05) is 18.2 Å². The number of para-hydroxylation sites is 1. The number of anilines is 1. The number of nitrogens with zero attached hydrogens (tertiary/aromatic N) is 2. The molecule has 82 valence electrons. The Balaban J connectivity index is 2.29. The van der Waals surface area contributed by atoms with Gasteiger partial charge >= 0.3 is 0 Å². The minimum absolute atomic E-state index is 0.0497. The van der Waals surface area contributed by atoms with Gasteiger partial charge in [0.25, 0.3) is 10.0 Å². The van der Waals surface area contributed by atoms with Crippen LogP contribution in [0.3, 0.4) is 0 Å². The zero-order chi connectivity index (χ0) is 11.4. The van der Waals surface area contributed by atoms with E-state index in [1.165, 1.54) is 18.6 Å². The number of hydrogen-bond donors (Lipinski definition) is 1. The van der Waals surface area contributed by atoms with Crippen molar-refractivity contribution in [2.75, 3.05) is 4.72 Å². The molecule has 1 heterocycles. The molecule has 0 aliphatic heterocycles. The van der Waals surface area contributed by atoms with E-state index in [1.807, 2.05) is 6.07 Å². The monoisotopic (exact) mass is 235 g/mol. The first-order chi connectivity index (χ1) is 7.68. The average Bonchev–Trinajstić information content (AvgIpc) is 2.31. The molecule has 6 heteroatoms. The highest BCUT2D eigenvalue weighted by Gasteiger charge is 2.14. The lowest BCUT2D eigenvalue weighted by Crippen LogP contribution is -2.14. The minimum Gasteiger partial charge on any atom is -0.278 e. The molecule has 0 spiro atoms. The smallest absolute Gasteiger partial charge is 0.278 e. The third-order valence-electron chi connectivity index (χ3n) is 1.86. The molecule has 5 nitrogen and oxygen atoms in total. The van der Waals surface area contributed by atoms with Crippen molar-refractivity contribution < 1.29 is 8.42 Å². The topological polar surface area (TPSA) is 72.0 Å².